The highest BCUT2D eigenvalue weighted by atomic mass is 35.5. The van der Waals surface area contributed by atoms with Crippen molar-refractivity contribution in [2.24, 2.45) is 7.05 Å². The van der Waals surface area contributed by atoms with E-state index in [1.54, 1.807) is 0 Å². The summed E-state index contributed by atoms with van der Waals surface area (Å²) in [6.07, 6.45) is 2.04. The Kier molecular flexibility index (Phi) is 2.22. The van der Waals surface area contributed by atoms with E-state index in [0.29, 0.717) is 5.88 Å². The summed E-state index contributed by atoms with van der Waals surface area (Å²) in [5, 5.41) is 1.94. The molecule has 0 bridgehead atoms. The van der Waals surface area contributed by atoms with Crippen LogP contribution < -0.4 is 0 Å². The molecule has 0 fully saturated rings. The van der Waals surface area contributed by atoms with Crippen LogP contribution in [0.5, 0.6) is 0 Å². The Morgan fingerprint density at radius 3 is 2.85 bits per heavy atom. The number of aryl methyl sites for hydroxylation is 1. The van der Waals surface area contributed by atoms with Crippen molar-refractivity contribution in [3.8, 4) is 0 Å². The Hall–Kier alpha value is -0.660. The van der Waals surface area contributed by atoms with E-state index in [9.17, 15) is 0 Å². The summed E-state index contributed by atoms with van der Waals surface area (Å²) in [4.78, 5) is 0. The van der Waals surface area contributed by atoms with Crippen LogP contribution >= 0.6 is 23.2 Å². The Morgan fingerprint density at radius 2 is 2.15 bits per heavy atom. The minimum absolute atomic E-state index is 0.541. The smallest absolute Gasteiger partial charge is 0.0495 e. The van der Waals surface area contributed by atoms with Crippen LogP contribution in [0.4, 0.5) is 0 Å². The number of fused-ring (bicyclic) bond motifs is 1. The highest BCUT2D eigenvalue weighted by Gasteiger charge is 2.05. The van der Waals surface area contributed by atoms with Gasteiger partial charge >= 0.3 is 0 Å². The molecular weight excluding hydrogens is 205 g/mol. The van der Waals surface area contributed by atoms with Crippen LogP contribution in [0.2, 0.25) is 5.02 Å². The molecule has 0 amide bonds. The maximum Gasteiger partial charge on any atom is 0.0495 e. The van der Waals surface area contributed by atoms with E-state index in [4.69, 9.17) is 23.2 Å². The normalized spacial score (nSPS) is 11.0. The summed E-state index contributed by atoms with van der Waals surface area (Å²) in [5.41, 5.74) is 2.28. The topological polar surface area (TPSA) is 4.93 Å². The molecule has 0 spiro atoms. The molecule has 68 valence electrons. The fourth-order valence-electron chi connectivity index (χ4n) is 1.55. The Morgan fingerprint density at radius 1 is 1.38 bits per heavy atom. The van der Waals surface area contributed by atoms with Gasteiger partial charge in [0, 0.05) is 35.1 Å². The highest BCUT2D eigenvalue weighted by Crippen LogP contribution is 2.24. The van der Waals surface area contributed by atoms with Crippen molar-refractivity contribution in [3.05, 3.63) is 35.0 Å². The van der Waals surface area contributed by atoms with E-state index in [-0.39, 0.29) is 0 Å². The minimum atomic E-state index is 0.541. The standard InChI is InChI=1S/C10H9Cl2N/c1-13-6-7(5-11)9-3-2-8(12)4-10(9)13/h2-4,6H,5H2,1H3. The van der Waals surface area contributed by atoms with Crippen molar-refractivity contribution < 1.29 is 0 Å². The average molecular weight is 214 g/mol. The van der Waals surface area contributed by atoms with Gasteiger partial charge in [-0.1, -0.05) is 17.7 Å². The number of benzene rings is 1. The zero-order chi connectivity index (χ0) is 9.42. The van der Waals surface area contributed by atoms with E-state index in [1.807, 2.05) is 36.0 Å². The maximum absolute atomic E-state index is 5.90. The first-order valence-electron chi connectivity index (χ1n) is 4.02. The quantitative estimate of drug-likeness (QED) is 0.639. The first kappa shape index (κ1) is 8.92. The van der Waals surface area contributed by atoms with Gasteiger partial charge in [0.05, 0.1) is 0 Å². The Balaban J connectivity index is 2.80. The number of hydrogen-bond donors (Lipinski definition) is 0. The first-order valence-corrected chi connectivity index (χ1v) is 4.93. The summed E-state index contributed by atoms with van der Waals surface area (Å²) < 4.78 is 2.04. The van der Waals surface area contributed by atoms with Gasteiger partial charge in [-0.2, -0.15) is 0 Å². The van der Waals surface area contributed by atoms with E-state index < -0.39 is 0 Å². The molecule has 3 heteroatoms. The zero-order valence-corrected chi connectivity index (χ0v) is 8.73. The lowest BCUT2D eigenvalue weighted by Gasteiger charge is -1.95. The third-order valence-electron chi connectivity index (χ3n) is 2.18. The lowest BCUT2D eigenvalue weighted by Crippen LogP contribution is -1.82. The molecule has 0 aliphatic rings. The summed E-state index contributed by atoms with van der Waals surface area (Å²) in [6.45, 7) is 0. The molecule has 13 heavy (non-hydrogen) atoms. The zero-order valence-electron chi connectivity index (χ0n) is 7.22. The molecule has 1 heterocycles. The maximum atomic E-state index is 5.90. The van der Waals surface area contributed by atoms with Crippen molar-refractivity contribution in [2.75, 3.05) is 0 Å². The summed E-state index contributed by atoms with van der Waals surface area (Å²) in [7, 11) is 1.99. The average Bonchev–Trinajstić information content (AvgIpc) is 2.43. The fraction of sp³-hybridized carbons (Fsp3) is 0.200. The van der Waals surface area contributed by atoms with Gasteiger partial charge < -0.3 is 4.57 Å². The fourth-order valence-corrected chi connectivity index (χ4v) is 1.93. The first-order chi connectivity index (χ1) is 6.22. The SMILES string of the molecule is Cn1cc(CCl)c2ccc(Cl)cc21. The summed E-state index contributed by atoms with van der Waals surface area (Å²) >= 11 is 11.7. The van der Waals surface area contributed by atoms with Crippen molar-refractivity contribution in [2.45, 2.75) is 5.88 Å². The molecule has 1 aromatic heterocycles. The van der Waals surface area contributed by atoms with Crippen LogP contribution in [0.15, 0.2) is 24.4 Å². The number of halogens is 2. The third kappa shape index (κ3) is 1.43. The van der Waals surface area contributed by atoms with Gasteiger partial charge in [0.1, 0.15) is 0 Å². The molecule has 0 unspecified atom stereocenters. The van der Waals surface area contributed by atoms with E-state index in [1.165, 1.54) is 5.39 Å². The number of hydrogen-bond acceptors (Lipinski definition) is 0. The van der Waals surface area contributed by atoms with Crippen LogP contribution in [-0.4, -0.2) is 4.57 Å². The van der Waals surface area contributed by atoms with Gasteiger partial charge in [-0.3, -0.25) is 0 Å². The van der Waals surface area contributed by atoms with E-state index >= 15 is 0 Å². The van der Waals surface area contributed by atoms with Crippen LogP contribution in [-0.2, 0) is 12.9 Å². The van der Waals surface area contributed by atoms with Gasteiger partial charge in [-0.25, -0.2) is 0 Å². The van der Waals surface area contributed by atoms with Crippen molar-refractivity contribution in [1.29, 1.82) is 0 Å². The van der Waals surface area contributed by atoms with Gasteiger partial charge in [-0.05, 0) is 17.7 Å². The summed E-state index contributed by atoms with van der Waals surface area (Å²) in [6, 6.07) is 5.85. The Labute approximate surface area is 86.9 Å². The molecule has 0 saturated heterocycles. The third-order valence-corrected chi connectivity index (χ3v) is 2.70. The molecule has 0 aliphatic carbocycles. The molecule has 2 rings (SSSR count). The molecule has 0 aliphatic heterocycles. The molecule has 2 aromatic rings. The van der Waals surface area contributed by atoms with Gasteiger partial charge in [0.25, 0.3) is 0 Å². The minimum Gasteiger partial charge on any atom is -0.350 e. The lowest BCUT2D eigenvalue weighted by atomic mass is 10.2. The van der Waals surface area contributed by atoms with E-state index in [0.717, 1.165) is 16.1 Å². The molecule has 0 atom stereocenters. The van der Waals surface area contributed by atoms with Gasteiger partial charge in [0.2, 0.25) is 0 Å². The number of alkyl halides is 1. The number of nitrogens with zero attached hydrogens (tertiary/aromatic N) is 1. The van der Waals surface area contributed by atoms with E-state index in [2.05, 4.69) is 0 Å². The van der Waals surface area contributed by atoms with Crippen molar-refractivity contribution >= 4 is 34.1 Å². The second-order valence-corrected chi connectivity index (χ2v) is 3.76. The molecule has 0 N–H and O–H groups in total. The predicted octanol–water partition coefficient (Wildman–Crippen LogP) is 3.57. The Bertz CT molecular complexity index is 445. The second kappa shape index (κ2) is 3.24. The van der Waals surface area contributed by atoms with Crippen LogP contribution in [0.25, 0.3) is 10.9 Å². The molecule has 1 nitrogen and oxygen atoms in total. The lowest BCUT2D eigenvalue weighted by molar-refractivity contribution is 0.963. The summed E-state index contributed by atoms with van der Waals surface area (Å²) in [5.74, 6) is 0.541. The molecular formula is C10H9Cl2N. The monoisotopic (exact) mass is 213 g/mol. The molecule has 1 aromatic carbocycles. The van der Waals surface area contributed by atoms with Crippen LogP contribution in [0, 0.1) is 0 Å². The van der Waals surface area contributed by atoms with Gasteiger partial charge in [0.15, 0.2) is 0 Å². The number of aromatic nitrogens is 1. The predicted molar refractivity (Wildman–Crippen MR) is 57.5 cm³/mol. The largest absolute Gasteiger partial charge is 0.350 e. The van der Waals surface area contributed by atoms with Crippen LogP contribution in [0.1, 0.15) is 5.56 Å². The van der Waals surface area contributed by atoms with Crippen molar-refractivity contribution in [1.82, 2.24) is 4.57 Å². The van der Waals surface area contributed by atoms with Gasteiger partial charge in [-0.15, -0.1) is 11.6 Å². The molecule has 0 radical (unpaired) electrons. The van der Waals surface area contributed by atoms with Crippen molar-refractivity contribution in [3.63, 3.8) is 0 Å². The molecule has 0 saturated carbocycles. The highest BCUT2D eigenvalue weighted by molar-refractivity contribution is 6.31. The second-order valence-electron chi connectivity index (χ2n) is 3.06. The number of rotatable bonds is 1. The van der Waals surface area contributed by atoms with Crippen LogP contribution in [0.3, 0.4) is 0 Å².